The second-order valence-electron chi connectivity index (χ2n) is 23.7. The van der Waals surface area contributed by atoms with Gasteiger partial charge >= 0.3 is 0 Å². The van der Waals surface area contributed by atoms with Crippen LogP contribution in [0.4, 0.5) is 17.1 Å². The monoisotopic (exact) mass is 1230 g/mol. The molecule has 13 aromatic carbocycles. The summed E-state index contributed by atoms with van der Waals surface area (Å²) < 4.78 is 6.93. The summed E-state index contributed by atoms with van der Waals surface area (Å²) in [5.41, 5.74) is 21.4. The molecule has 18 rings (SSSR count). The lowest BCUT2D eigenvalue weighted by Gasteiger charge is -2.25. The lowest BCUT2D eigenvalue weighted by molar-refractivity contribution is 1.12. The molecule has 18 aromatic rings. The van der Waals surface area contributed by atoms with Crippen LogP contribution >= 0.6 is 0 Å². The number of hydrogen-bond acceptors (Lipinski definition) is 6. The molecule has 96 heavy (non-hydrogen) atoms. The molecular weight excluding hydrogens is 1170 g/mol. The van der Waals surface area contributed by atoms with E-state index in [0.29, 0.717) is 17.2 Å². The van der Waals surface area contributed by atoms with Crippen molar-refractivity contribution < 1.29 is 0 Å². The lowest BCUT2D eigenvalue weighted by atomic mass is 10.1. The van der Waals surface area contributed by atoms with Gasteiger partial charge in [0.25, 0.3) is 0 Å². The number of aromatic nitrogens is 7. The minimum absolute atomic E-state index is 0.136. The van der Waals surface area contributed by atoms with Gasteiger partial charge in [0.15, 0.2) is 5.82 Å². The molecule has 450 valence electrons. The lowest BCUT2D eigenvalue weighted by Crippen LogP contribution is -2.09. The maximum atomic E-state index is 9.98. The topological polar surface area (TPSA) is 93.4 Å². The van der Waals surface area contributed by atoms with E-state index in [2.05, 4.69) is 314 Å². The molecule has 0 radical (unpaired) electrons. The van der Waals surface area contributed by atoms with Crippen LogP contribution in [0.3, 0.4) is 0 Å². The van der Waals surface area contributed by atoms with Gasteiger partial charge < -0.3 is 18.6 Å². The number of fused-ring (bicyclic) bond motifs is 9. The van der Waals surface area contributed by atoms with Gasteiger partial charge in [0.1, 0.15) is 6.07 Å². The predicted molar refractivity (Wildman–Crippen MR) is 394 cm³/mol. The van der Waals surface area contributed by atoms with Crippen molar-refractivity contribution in [2.45, 2.75) is 0 Å². The quantitative estimate of drug-likeness (QED) is 0.128. The highest BCUT2D eigenvalue weighted by Crippen LogP contribution is 2.42. The SMILES string of the molecule is N#Cc1nc(-c2cccc(-n3c4ccccc4c4ccccc43)c2)cc(-c2cccc(-n3c4ccccc4c4ccccc43)c2)n1.c1ccc(-c2cc(-c3ccccc3)nc(-c3cccc(-n4c5ccccc5c5cc(N(c6ccccc6)c6ccccc6)ccc54)c3)n2)cc1. The maximum Gasteiger partial charge on any atom is 0.233 e. The first kappa shape index (κ1) is 56.7. The highest BCUT2D eigenvalue weighted by molar-refractivity contribution is 6.12. The average molecular weight is 1230 g/mol. The first-order valence-corrected chi connectivity index (χ1v) is 32.1. The van der Waals surface area contributed by atoms with Crippen LogP contribution < -0.4 is 4.90 Å². The number of nitriles is 1. The van der Waals surface area contributed by atoms with Crippen LogP contribution in [-0.2, 0) is 0 Å². The number of para-hydroxylation sites is 7. The third-order valence-electron chi connectivity index (χ3n) is 18.0. The molecule has 5 heterocycles. The third kappa shape index (κ3) is 10.3. The molecule has 9 nitrogen and oxygen atoms in total. The van der Waals surface area contributed by atoms with Crippen molar-refractivity contribution in [3.8, 4) is 79.5 Å². The second-order valence-corrected chi connectivity index (χ2v) is 23.7. The van der Waals surface area contributed by atoms with E-state index in [-0.39, 0.29) is 5.82 Å². The van der Waals surface area contributed by atoms with Gasteiger partial charge in [0.2, 0.25) is 5.82 Å². The highest BCUT2D eigenvalue weighted by Gasteiger charge is 2.21. The first-order valence-electron chi connectivity index (χ1n) is 32.1. The van der Waals surface area contributed by atoms with E-state index in [1.807, 2.05) is 66.7 Å². The van der Waals surface area contributed by atoms with Crippen LogP contribution in [0.2, 0.25) is 0 Å². The van der Waals surface area contributed by atoms with Gasteiger partial charge in [0, 0.05) is 94.3 Å². The van der Waals surface area contributed by atoms with Crippen LogP contribution in [0.25, 0.3) is 139 Å². The molecule has 0 saturated carbocycles. The van der Waals surface area contributed by atoms with E-state index < -0.39 is 0 Å². The van der Waals surface area contributed by atoms with E-state index in [0.717, 1.165) is 106 Å². The van der Waals surface area contributed by atoms with E-state index in [1.165, 1.54) is 32.3 Å². The first-order chi connectivity index (χ1) is 47.6. The number of hydrogen-bond donors (Lipinski definition) is 0. The average Bonchev–Trinajstić information content (AvgIpc) is 1.64. The Hall–Kier alpha value is -13.3. The molecule has 0 unspecified atom stereocenters. The van der Waals surface area contributed by atoms with Gasteiger partial charge in [-0.3, -0.25) is 0 Å². The predicted octanol–water partition coefficient (Wildman–Crippen LogP) is 21.9. The van der Waals surface area contributed by atoms with Crippen LogP contribution in [-0.4, -0.2) is 33.6 Å². The van der Waals surface area contributed by atoms with E-state index in [1.54, 1.807) is 0 Å². The van der Waals surface area contributed by atoms with Crippen molar-refractivity contribution in [1.29, 1.82) is 5.26 Å². The Balaban J connectivity index is 0.000000146. The molecule has 0 spiro atoms. The minimum Gasteiger partial charge on any atom is -0.310 e. The smallest absolute Gasteiger partial charge is 0.233 e. The standard InChI is InChI=1S/C46H32N4.C41H25N5/c1-5-16-33(17-6-1)42-32-43(34-18-7-2-8-19-34)48-46(47-42)35-20-15-25-38(30-35)50-44-27-14-13-26-40(44)41-31-39(28-29-45(41)50)49(36-21-9-3-10-22-36)37-23-11-4-12-24-37;42-26-41-43-35(27-11-9-13-29(23-27)45-37-19-5-1-15-31(37)32-16-2-6-20-38(32)45)25-36(44-41)28-12-10-14-30(24-28)46-39-21-7-3-17-33(39)34-18-4-8-22-40(34)46/h1-32H;1-25H. The summed E-state index contributed by atoms with van der Waals surface area (Å²) in [5, 5.41) is 17.2. The molecular formula is C87H57N9. The molecule has 0 aliphatic heterocycles. The number of rotatable bonds is 11. The van der Waals surface area contributed by atoms with Gasteiger partial charge in [-0.2, -0.15) is 5.26 Å². The van der Waals surface area contributed by atoms with Gasteiger partial charge in [0.05, 0.1) is 55.9 Å². The number of anilines is 3. The van der Waals surface area contributed by atoms with Gasteiger partial charge in [-0.1, -0.05) is 224 Å². The zero-order valence-electron chi connectivity index (χ0n) is 51.9. The fourth-order valence-electron chi connectivity index (χ4n) is 13.7. The van der Waals surface area contributed by atoms with Gasteiger partial charge in [-0.15, -0.1) is 0 Å². The van der Waals surface area contributed by atoms with Crippen LogP contribution in [0.5, 0.6) is 0 Å². The Morgan fingerprint density at radius 2 is 0.552 bits per heavy atom. The van der Waals surface area contributed by atoms with Crippen molar-refractivity contribution in [1.82, 2.24) is 33.6 Å². The molecule has 0 bridgehead atoms. The minimum atomic E-state index is 0.136. The summed E-state index contributed by atoms with van der Waals surface area (Å²) in [6.45, 7) is 0. The van der Waals surface area contributed by atoms with E-state index in [9.17, 15) is 5.26 Å². The van der Waals surface area contributed by atoms with Crippen molar-refractivity contribution in [3.63, 3.8) is 0 Å². The van der Waals surface area contributed by atoms with Crippen molar-refractivity contribution in [2.24, 2.45) is 0 Å². The van der Waals surface area contributed by atoms with Crippen LogP contribution in [0, 0.1) is 11.3 Å². The Bertz CT molecular complexity index is 5610. The molecule has 0 saturated heterocycles. The normalized spacial score (nSPS) is 11.3. The molecule has 0 fully saturated rings. The summed E-state index contributed by atoms with van der Waals surface area (Å²) in [6.07, 6.45) is 0. The van der Waals surface area contributed by atoms with E-state index >= 15 is 0 Å². The summed E-state index contributed by atoms with van der Waals surface area (Å²) in [5.74, 6) is 0.827. The largest absolute Gasteiger partial charge is 0.310 e. The van der Waals surface area contributed by atoms with Crippen LogP contribution in [0.15, 0.2) is 346 Å². The van der Waals surface area contributed by atoms with E-state index in [4.69, 9.17) is 9.97 Å². The summed E-state index contributed by atoms with van der Waals surface area (Å²) >= 11 is 0. The van der Waals surface area contributed by atoms with Gasteiger partial charge in [-0.05, 0) is 121 Å². The summed E-state index contributed by atoms with van der Waals surface area (Å²) in [6, 6.07) is 123. The van der Waals surface area contributed by atoms with Crippen molar-refractivity contribution >= 4 is 82.5 Å². The maximum absolute atomic E-state index is 9.98. The summed E-state index contributed by atoms with van der Waals surface area (Å²) in [7, 11) is 0. The van der Waals surface area contributed by atoms with Gasteiger partial charge in [-0.25, -0.2) is 19.9 Å². The zero-order valence-corrected chi connectivity index (χ0v) is 51.9. The fourth-order valence-corrected chi connectivity index (χ4v) is 13.7. The Labute approximate surface area is 554 Å². The van der Waals surface area contributed by atoms with Crippen molar-refractivity contribution in [3.05, 3.63) is 352 Å². The third-order valence-corrected chi connectivity index (χ3v) is 18.0. The second kappa shape index (κ2) is 24.4. The number of nitrogens with zero attached hydrogens (tertiary/aromatic N) is 9. The highest BCUT2D eigenvalue weighted by atomic mass is 15.1. The fraction of sp³-hybridized carbons (Fsp3) is 0. The number of benzene rings is 13. The molecule has 0 aliphatic carbocycles. The summed E-state index contributed by atoms with van der Waals surface area (Å²) in [4.78, 5) is 21.9. The molecule has 0 N–H and O–H groups in total. The Morgan fingerprint density at radius 1 is 0.240 bits per heavy atom. The molecule has 9 heteroatoms. The van der Waals surface area contributed by atoms with Crippen LogP contribution in [0.1, 0.15) is 5.82 Å². The molecule has 0 aliphatic rings. The molecule has 0 amide bonds. The Kier molecular flexibility index (Phi) is 14.4. The zero-order chi connectivity index (χ0) is 63.9. The van der Waals surface area contributed by atoms with Crippen molar-refractivity contribution in [2.75, 3.05) is 4.90 Å². The molecule has 5 aromatic heterocycles. The Morgan fingerprint density at radius 3 is 0.948 bits per heavy atom. The molecule has 0 atom stereocenters.